The van der Waals surface area contributed by atoms with Gasteiger partial charge in [-0.3, -0.25) is 0 Å². The zero-order valence-corrected chi connectivity index (χ0v) is 27.1. The van der Waals surface area contributed by atoms with E-state index in [4.69, 9.17) is 4.42 Å². The Balaban J connectivity index is 1.13. The van der Waals surface area contributed by atoms with E-state index in [9.17, 15) is 0 Å². The summed E-state index contributed by atoms with van der Waals surface area (Å²) >= 11 is 2.04. The predicted molar refractivity (Wildman–Crippen MR) is 193 cm³/mol. The number of hydrogen-bond acceptors (Lipinski definition) is 3. The van der Waals surface area contributed by atoms with Gasteiger partial charge >= 0.3 is 0 Å². The number of allylic oxidation sites excluding steroid dienone is 7. The van der Waals surface area contributed by atoms with Gasteiger partial charge in [-0.2, -0.15) is 0 Å². The minimum Gasteiger partial charge on any atom is -0.456 e. The summed E-state index contributed by atoms with van der Waals surface area (Å²) in [5.41, 5.74) is 10.1. The maximum atomic E-state index is 6.41. The van der Waals surface area contributed by atoms with Crippen LogP contribution >= 0.6 is 11.8 Å². The van der Waals surface area contributed by atoms with Crippen LogP contribution in [0.5, 0.6) is 0 Å². The van der Waals surface area contributed by atoms with Crippen LogP contribution < -0.4 is 10.1 Å². The van der Waals surface area contributed by atoms with Crippen LogP contribution in [0.4, 0.5) is 11.4 Å². The first kappa shape index (κ1) is 27.1. The van der Waals surface area contributed by atoms with Crippen LogP contribution in [0, 0.1) is 0 Å². The van der Waals surface area contributed by atoms with Crippen molar-refractivity contribution in [3.05, 3.63) is 138 Å². The van der Waals surface area contributed by atoms with Crippen molar-refractivity contribution in [2.45, 2.75) is 48.3 Å². The molecule has 0 N–H and O–H groups in total. The largest absolute Gasteiger partial charge is 0.456 e. The summed E-state index contributed by atoms with van der Waals surface area (Å²) in [6.45, 7) is 2.30. The van der Waals surface area contributed by atoms with E-state index < -0.39 is 0 Å². The van der Waals surface area contributed by atoms with Gasteiger partial charge < -0.3 is 9.32 Å². The lowest BCUT2D eigenvalue weighted by molar-refractivity contribution is 0.598. The first-order chi connectivity index (χ1) is 22.3. The minimum atomic E-state index is 0.472. The molecule has 4 aromatic carbocycles. The lowest BCUT2D eigenvalue weighted by Gasteiger charge is -2.28. The number of furan rings is 1. The zero-order valence-electron chi connectivity index (χ0n) is 25.3. The minimum absolute atomic E-state index is 0.472. The third kappa shape index (κ3) is 4.46. The van der Waals surface area contributed by atoms with Crippen LogP contribution in [0.1, 0.15) is 42.1 Å². The highest BCUT2D eigenvalue weighted by molar-refractivity contribution is 8.00. The molecule has 4 heteroatoms. The number of anilines is 2. The molecule has 0 fully saturated rings. The third-order valence-electron chi connectivity index (χ3n) is 9.68. The molecule has 0 spiro atoms. The van der Waals surface area contributed by atoms with Crippen LogP contribution in [0.15, 0.2) is 130 Å². The van der Waals surface area contributed by atoms with Crippen molar-refractivity contribution < 1.29 is 4.42 Å². The molecule has 2 nitrogen and oxygen atoms in total. The van der Waals surface area contributed by atoms with Crippen LogP contribution in [0.3, 0.4) is 0 Å². The molecule has 1 aromatic heterocycles. The van der Waals surface area contributed by atoms with Crippen LogP contribution in [-0.4, -0.2) is 14.8 Å². The average molecular weight is 616 g/mol. The molecule has 0 bridgehead atoms. The Kier molecular flexibility index (Phi) is 6.61. The molecule has 4 aliphatic rings. The number of rotatable bonds is 5. The summed E-state index contributed by atoms with van der Waals surface area (Å²) in [6.07, 6.45) is 24.7. The topological polar surface area (TPSA) is 16.4 Å². The summed E-state index contributed by atoms with van der Waals surface area (Å²) in [4.78, 5) is 3.88. The smallest absolute Gasteiger partial charge is 0.142 e. The van der Waals surface area contributed by atoms with Gasteiger partial charge in [0.05, 0.1) is 9.52 Å². The van der Waals surface area contributed by atoms with Gasteiger partial charge in [0.25, 0.3) is 0 Å². The normalized spacial score (nSPS) is 19.5. The SMILES string of the molecule is C[Si]c1ccc2c(c1-c1ccc(N(C3=CCCC=C3)c3ccc4c(ccc5c6c(oc54)C=CCC6)c3)cc1)SC1C=CC=CC21. The highest BCUT2D eigenvalue weighted by Crippen LogP contribution is 2.51. The van der Waals surface area contributed by atoms with E-state index in [1.54, 1.807) is 0 Å². The second-order valence-electron chi connectivity index (χ2n) is 12.3. The zero-order chi connectivity index (χ0) is 29.9. The fraction of sp³-hybridized carbons (Fsp3) is 0.171. The van der Waals surface area contributed by atoms with Gasteiger partial charge in [0.15, 0.2) is 0 Å². The molecular weight excluding hydrogens is 583 g/mol. The first-order valence-corrected chi connectivity index (χ1v) is 18.4. The Morgan fingerprint density at radius 3 is 2.53 bits per heavy atom. The van der Waals surface area contributed by atoms with Gasteiger partial charge in [-0.25, -0.2) is 0 Å². The summed E-state index contributed by atoms with van der Waals surface area (Å²) in [5, 5.41) is 5.58. The van der Waals surface area contributed by atoms with E-state index in [1.807, 2.05) is 11.8 Å². The monoisotopic (exact) mass is 615 g/mol. The molecular formula is C41H33NOSSi. The second kappa shape index (κ2) is 11.0. The fourth-order valence-electron chi connectivity index (χ4n) is 7.48. The predicted octanol–water partition coefficient (Wildman–Crippen LogP) is 10.6. The Morgan fingerprint density at radius 1 is 0.822 bits per heavy atom. The van der Waals surface area contributed by atoms with E-state index in [1.165, 1.54) is 59.9 Å². The summed E-state index contributed by atoms with van der Waals surface area (Å²) in [6, 6.07) is 25.4. The fourth-order valence-corrected chi connectivity index (χ4v) is 9.85. The number of hydrogen-bond donors (Lipinski definition) is 0. The Labute approximate surface area is 271 Å². The van der Waals surface area contributed by atoms with E-state index in [2.05, 4.69) is 133 Å². The lowest BCUT2D eigenvalue weighted by Crippen LogP contribution is -2.17. The summed E-state index contributed by atoms with van der Waals surface area (Å²) in [5.74, 6) is 1.49. The summed E-state index contributed by atoms with van der Waals surface area (Å²) in [7, 11) is 0.750. The molecule has 0 saturated carbocycles. The highest BCUT2D eigenvalue weighted by atomic mass is 32.2. The van der Waals surface area contributed by atoms with Gasteiger partial charge in [-0.05, 0) is 90.2 Å². The van der Waals surface area contributed by atoms with Crippen molar-refractivity contribution in [2.75, 3.05) is 4.90 Å². The standard InChI is InChI=1S/C41H33NOSSi/c1-45-38-24-23-35-33-12-6-8-14-37(33)44-41(35)39(38)26-15-18-29(19-16-26)42(28-9-3-2-4-10-28)30-20-22-31-27(25-30)17-21-34-32-11-5-7-13-36(32)43-40(31)34/h3,6-10,12-25,33,37H,2,4-5,11H2,1H3. The van der Waals surface area contributed by atoms with E-state index >= 15 is 0 Å². The number of fused-ring (bicyclic) bond motifs is 8. The van der Waals surface area contributed by atoms with Crippen LogP contribution in [-0.2, 0) is 6.42 Å². The number of thioether (sulfide) groups is 1. The Bertz CT molecular complexity index is 2140. The molecule has 3 aliphatic carbocycles. The Hall–Kier alpha value is -4.25. The van der Waals surface area contributed by atoms with Gasteiger partial charge in [0.2, 0.25) is 0 Å². The maximum Gasteiger partial charge on any atom is 0.142 e. The van der Waals surface area contributed by atoms with Crippen molar-refractivity contribution in [1.82, 2.24) is 0 Å². The molecule has 218 valence electrons. The molecule has 0 amide bonds. The molecule has 9 rings (SSSR count). The van der Waals surface area contributed by atoms with E-state index in [0.717, 1.165) is 52.2 Å². The average Bonchev–Trinajstić information content (AvgIpc) is 3.67. The first-order valence-electron chi connectivity index (χ1n) is 16.0. The van der Waals surface area contributed by atoms with Crippen LogP contribution in [0.25, 0.3) is 38.9 Å². The Morgan fingerprint density at radius 2 is 1.67 bits per heavy atom. The second-order valence-corrected chi connectivity index (χ2v) is 14.5. The molecule has 2 heterocycles. The number of nitrogens with zero attached hydrogens (tertiary/aromatic N) is 1. The molecule has 2 radical (unpaired) electrons. The van der Waals surface area contributed by atoms with Gasteiger partial charge in [-0.1, -0.05) is 90.7 Å². The van der Waals surface area contributed by atoms with E-state index in [-0.39, 0.29) is 0 Å². The van der Waals surface area contributed by atoms with E-state index in [0.29, 0.717) is 11.2 Å². The van der Waals surface area contributed by atoms with Crippen molar-refractivity contribution >= 4 is 65.7 Å². The lowest BCUT2D eigenvalue weighted by atomic mass is 9.90. The van der Waals surface area contributed by atoms with Gasteiger partial charge in [-0.15, -0.1) is 11.8 Å². The third-order valence-corrected chi connectivity index (χ3v) is 12.0. The van der Waals surface area contributed by atoms with Crippen LogP contribution in [0.2, 0.25) is 6.55 Å². The molecule has 2 unspecified atom stereocenters. The van der Waals surface area contributed by atoms with Gasteiger partial charge in [0.1, 0.15) is 11.3 Å². The molecule has 2 atom stereocenters. The van der Waals surface area contributed by atoms with Crippen molar-refractivity contribution in [3.8, 4) is 11.1 Å². The van der Waals surface area contributed by atoms with Crippen molar-refractivity contribution in [1.29, 1.82) is 0 Å². The quantitative estimate of drug-likeness (QED) is 0.183. The molecule has 0 saturated heterocycles. The molecule has 45 heavy (non-hydrogen) atoms. The van der Waals surface area contributed by atoms with Gasteiger partial charge in [0, 0.05) is 49.5 Å². The van der Waals surface area contributed by atoms with Crippen molar-refractivity contribution in [2.24, 2.45) is 0 Å². The maximum absolute atomic E-state index is 6.41. The number of aryl methyl sites for hydroxylation is 1. The molecule has 1 aliphatic heterocycles. The van der Waals surface area contributed by atoms with Crippen molar-refractivity contribution in [3.63, 3.8) is 0 Å². The molecule has 5 aromatic rings. The highest BCUT2D eigenvalue weighted by Gasteiger charge is 2.33. The number of benzene rings is 4. The summed E-state index contributed by atoms with van der Waals surface area (Å²) < 4.78 is 6.41.